The Morgan fingerprint density at radius 3 is 2.65 bits per heavy atom. The van der Waals surface area contributed by atoms with Gasteiger partial charge < -0.3 is 10.4 Å². The smallest absolute Gasteiger partial charge is 0.0798 e. The largest absolute Gasteiger partial charge is 0.391 e. The summed E-state index contributed by atoms with van der Waals surface area (Å²) in [4.78, 5) is 1.23. The van der Waals surface area contributed by atoms with Gasteiger partial charge in [0, 0.05) is 23.2 Å². The van der Waals surface area contributed by atoms with E-state index in [9.17, 15) is 5.11 Å². The summed E-state index contributed by atoms with van der Waals surface area (Å²) in [6.45, 7) is 1.60. The zero-order valence-electron chi connectivity index (χ0n) is 9.47. The van der Waals surface area contributed by atoms with E-state index in [0.717, 1.165) is 6.54 Å². The fraction of sp³-hybridized carbons (Fsp3) is 0.286. The fourth-order valence-corrected chi connectivity index (χ4v) is 3.32. The monoisotopic (exact) mass is 245 g/mol. The van der Waals surface area contributed by atoms with Gasteiger partial charge in [-0.25, -0.2) is 0 Å². The lowest BCUT2D eigenvalue weighted by Gasteiger charge is -2.13. The Hall–Kier alpha value is -1.03. The van der Waals surface area contributed by atoms with Gasteiger partial charge in [0.1, 0.15) is 0 Å². The highest BCUT2D eigenvalue weighted by Gasteiger charge is 2.25. The molecule has 0 aliphatic carbocycles. The van der Waals surface area contributed by atoms with Crippen LogP contribution in [0.1, 0.15) is 0 Å². The molecule has 3 heteroatoms. The summed E-state index contributed by atoms with van der Waals surface area (Å²) >= 11 is 1.76. The van der Waals surface area contributed by atoms with Crippen LogP contribution in [0.4, 0.5) is 0 Å². The predicted octanol–water partition coefficient (Wildman–Crippen LogP) is 2.26. The lowest BCUT2D eigenvalue weighted by atomic mass is 10.1. The molecule has 0 bridgehead atoms. The Balaban J connectivity index is 1.85. The molecule has 1 saturated heterocycles. The number of benzene rings is 2. The second-order valence-corrected chi connectivity index (χ2v) is 5.70. The first kappa shape index (κ1) is 11.1. The Kier molecular flexibility index (Phi) is 3.05. The molecular weight excluding hydrogens is 230 g/mol. The molecule has 1 fully saturated rings. The third kappa shape index (κ3) is 2.32. The van der Waals surface area contributed by atoms with Crippen molar-refractivity contribution in [2.24, 2.45) is 0 Å². The highest BCUT2D eigenvalue weighted by Crippen LogP contribution is 2.29. The quantitative estimate of drug-likeness (QED) is 0.851. The number of hydrogen-bond donors (Lipinski definition) is 2. The van der Waals surface area contributed by atoms with Crippen LogP contribution in [-0.2, 0) is 0 Å². The molecule has 1 aliphatic heterocycles. The Morgan fingerprint density at radius 2 is 1.88 bits per heavy atom. The lowest BCUT2D eigenvalue weighted by Crippen LogP contribution is -2.19. The van der Waals surface area contributed by atoms with Crippen LogP contribution in [0.5, 0.6) is 0 Å². The normalized spacial score (nSPS) is 24.3. The molecule has 2 aromatic carbocycles. The summed E-state index contributed by atoms with van der Waals surface area (Å²) in [7, 11) is 0. The second-order valence-electron chi connectivity index (χ2n) is 4.39. The number of rotatable bonds is 2. The Labute approximate surface area is 105 Å². The van der Waals surface area contributed by atoms with Crippen molar-refractivity contribution in [2.75, 3.05) is 13.1 Å². The van der Waals surface area contributed by atoms with Crippen LogP contribution in [-0.4, -0.2) is 29.5 Å². The molecule has 2 atom stereocenters. The number of nitrogens with one attached hydrogen (secondary N) is 1. The molecule has 1 heterocycles. The Morgan fingerprint density at radius 1 is 1.06 bits per heavy atom. The average Bonchev–Trinajstić information content (AvgIpc) is 2.75. The number of β-amino-alcohol motifs (C(OH)–C–C–N with tert-alkyl or cyclic N) is 1. The highest BCUT2D eigenvalue weighted by atomic mass is 32.2. The summed E-state index contributed by atoms with van der Waals surface area (Å²) in [5.41, 5.74) is 0. The molecule has 2 N–H and O–H groups in total. The number of hydrogen-bond acceptors (Lipinski definition) is 3. The topological polar surface area (TPSA) is 32.3 Å². The van der Waals surface area contributed by atoms with Crippen molar-refractivity contribution in [2.45, 2.75) is 16.2 Å². The van der Waals surface area contributed by atoms with Crippen molar-refractivity contribution in [3.8, 4) is 0 Å². The third-order valence-corrected chi connectivity index (χ3v) is 4.45. The minimum atomic E-state index is -0.230. The minimum absolute atomic E-state index is 0.230. The number of aliphatic hydroxyl groups is 1. The van der Waals surface area contributed by atoms with Crippen LogP contribution >= 0.6 is 11.8 Å². The molecule has 17 heavy (non-hydrogen) atoms. The molecule has 2 nitrogen and oxygen atoms in total. The van der Waals surface area contributed by atoms with E-state index >= 15 is 0 Å². The highest BCUT2D eigenvalue weighted by molar-refractivity contribution is 8.00. The van der Waals surface area contributed by atoms with Crippen LogP contribution in [0.3, 0.4) is 0 Å². The Bertz CT molecular complexity index is 528. The molecule has 0 unspecified atom stereocenters. The molecule has 0 aromatic heterocycles. The molecule has 2 aromatic rings. The van der Waals surface area contributed by atoms with Crippen LogP contribution < -0.4 is 5.32 Å². The van der Waals surface area contributed by atoms with Gasteiger partial charge in [-0.1, -0.05) is 30.3 Å². The predicted molar refractivity (Wildman–Crippen MR) is 72.5 cm³/mol. The first-order chi connectivity index (χ1) is 8.33. The van der Waals surface area contributed by atoms with Crippen molar-refractivity contribution < 1.29 is 5.11 Å². The standard InChI is InChI=1S/C14H15NOS/c16-13-8-15-9-14(13)17-12-6-5-10-3-1-2-4-11(10)7-12/h1-7,13-16H,8-9H2/t13-,14-/m0/s1. The van der Waals surface area contributed by atoms with Crippen LogP contribution in [0.25, 0.3) is 10.8 Å². The summed E-state index contributed by atoms with van der Waals surface area (Å²) in [6.07, 6.45) is -0.230. The molecule has 1 aliphatic rings. The van der Waals surface area contributed by atoms with Gasteiger partial charge in [-0.2, -0.15) is 0 Å². The molecule has 0 spiro atoms. The maximum atomic E-state index is 9.78. The first-order valence-electron chi connectivity index (χ1n) is 5.87. The summed E-state index contributed by atoms with van der Waals surface area (Å²) in [5.74, 6) is 0. The lowest BCUT2D eigenvalue weighted by molar-refractivity contribution is 0.201. The van der Waals surface area contributed by atoms with Crippen molar-refractivity contribution in [3.63, 3.8) is 0 Å². The van der Waals surface area contributed by atoms with E-state index in [-0.39, 0.29) is 11.4 Å². The molecule has 3 rings (SSSR count). The van der Waals surface area contributed by atoms with Gasteiger partial charge in [0.2, 0.25) is 0 Å². The van der Waals surface area contributed by atoms with Crippen molar-refractivity contribution in [1.29, 1.82) is 0 Å². The van der Waals surface area contributed by atoms with Crippen molar-refractivity contribution >= 4 is 22.5 Å². The molecule has 88 valence electrons. The molecule has 0 radical (unpaired) electrons. The molecule has 0 amide bonds. The van der Waals surface area contributed by atoms with Crippen LogP contribution in [0, 0.1) is 0 Å². The molecular formula is C14H15NOS. The maximum Gasteiger partial charge on any atom is 0.0798 e. The maximum absolute atomic E-state index is 9.78. The van der Waals surface area contributed by atoms with Gasteiger partial charge in [0.15, 0.2) is 0 Å². The first-order valence-corrected chi connectivity index (χ1v) is 6.75. The SMILES string of the molecule is O[C@H]1CNC[C@@H]1Sc1ccc2ccccc2c1. The van der Waals surface area contributed by atoms with E-state index in [2.05, 4.69) is 47.8 Å². The van der Waals surface area contributed by atoms with Gasteiger partial charge in [-0.3, -0.25) is 0 Å². The van der Waals surface area contributed by atoms with Crippen molar-refractivity contribution in [3.05, 3.63) is 42.5 Å². The summed E-state index contributed by atoms with van der Waals surface area (Å²) in [5, 5.41) is 15.8. The van der Waals surface area contributed by atoms with Crippen LogP contribution in [0.15, 0.2) is 47.4 Å². The van der Waals surface area contributed by atoms with Crippen LogP contribution in [0.2, 0.25) is 0 Å². The van der Waals surface area contributed by atoms with Gasteiger partial charge in [-0.15, -0.1) is 11.8 Å². The number of aliphatic hydroxyl groups excluding tert-OH is 1. The van der Waals surface area contributed by atoms with E-state index in [4.69, 9.17) is 0 Å². The number of thioether (sulfide) groups is 1. The third-order valence-electron chi connectivity index (χ3n) is 3.14. The van der Waals surface area contributed by atoms with E-state index < -0.39 is 0 Å². The van der Waals surface area contributed by atoms with Gasteiger partial charge in [0.25, 0.3) is 0 Å². The van der Waals surface area contributed by atoms with Gasteiger partial charge >= 0.3 is 0 Å². The summed E-state index contributed by atoms with van der Waals surface area (Å²) < 4.78 is 0. The molecule has 0 saturated carbocycles. The zero-order chi connectivity index (χ0) is 11.7. The van der Waals surface area contributed by atoms with E-state index in [1.54, 1.807) is 11.8 Å². The van der Waals surface area contributed by atoms with Crippen molar-refractivity contribution in [1.82, 2.24) is 5.32 Å². The number of fused-ring (bicyclic) bond motifs is 1. The summed E-state index contributed by atoms with van der Waals surface area (Å²) in [6, 6.07) is 14.8. The average molecular weight is 245 g/mol. The zero-order valence-corrected chi connectivity index (χ0v) is 10.3. The minimum Gasteiger partial charge on any atom is -0.391 e. The van der Waals surface area contributed by atoms with E-state index in [0.29, 0.717) is 6.54 Å². The van der Waals surface area contributed by atoms with Gasteiger partial charge in [-0.05, 0) is 22.9 Å². The fourth-order valence-electron chi connectivity index (χ4n) is 2.18. The second kappa shape index (κ2) is 4.69. The van der Waals surface area contributed by atoms with E-state index in [1.165, 1.54) is 15.7 Å². The van der Waals surface area contributed by atoms with E-state index in [1.807, 2.05) is 0 Å². The van der Waals surface area contributed by atoms with Gasteiger partial charge in [0.05, 0.1) is 6.10 Å².